The van der Waals surface area contributed by atoms with Crippen molar-refractivity contribution >= 4 is 40.5 Å². The van der Waals surface area contributed by atoms with Crippen molar-refractivity contribution in [2.45, 2.75) is 0 Å². The van der Waals surface area contributed by atoms with Gasteiger partial charge in [0.15, 0.2) is 0 Å². The Morgan fingerprint density at radius 1 is 1.08 bits per heavy atom. The molecule has 0 spiro atoms. The Morgan fingerprint density at radius 2 is 1.83 bits per heavy atom. The molecule has 0 fully saturated rings. The van der Waals surface area contributed by atoms with Crippen molar-refractivity contribution in [2.24, 2.45) is 0 Å². The lowest BCUT2D eigenvalue weighted by molar-refractivity contribution is -0.114. The van der Waals surface area contributed by atoms with Crippen LogP contribution in [0.15, 0.2) is 42.5 Å². The summed E-state index contributed by atoms with van der Waals surface area (Å²) in [6, 6.07) is 12.3. The highest BCUT2D eigenvalue weighted by atomic mass is 35.5. The predicted octanol–water partition coefficient (Wildman–Crippen LogP) is 4.07. The molecule has 0 aliphatic rings. The van der Waals surface area contributed by atoms with Gasteiger partial charge in [-0.25, -0.2) is 0 Å². The molecule has 1 amide bonds. The summed E-state index contributed by atoms with van der Waals surface area (Å²) in [6.07, 6.45) is 0. The average molecular weight is 369 g/mol. The van der Waals surface area contributed by atoms with Crippen LogP contribution in [0.25, 0.3) is 0 Å². The molecular weight excluding hydrogens is 351 g/mol. The molecule has 0 atom stereocenters. The first-order valence-electron chi connectivity index (χ1n) is 7.29. The number of ether oxygens (including phenoxy) is 2. The Morgan fingerprint density at radius 3 is 2.54 bits per heavy atom. The number of benzene rings is 2. The van der Waals surface area contributed by atoms with E-state index in [9.17, 15) is 4.79 Å². The summed E-state index contributed by atoms with van der Waals surface area (Å²) in [5.41, 5.74) is 1.29. The van der Waals surface area contributed by atoms with Gasteiger partial charge in [0.2, 0.25) is 5.91 Å². The van der Waals surface area contributed by atoms with E-state index in [-0.39, 0.29) is 12.5 Å². The number of carbonyl (C=O) groups excluding carboxylic acids is 1. The maximum atomic E-state index is 12.0. The number of hydrogen-bond donors (Lipinski definition) is 2. The van der Waals surface area contributed by atoms with Crippen molar-refractivity contribution in [3.8, 4) is 5.75 Å². The zero-order valence-corrected chi connectivity index (χ0v) is 14.7. The summed E-state index contributed by atoms with van der Waals surface area (Å²) in [7, 11) is 1.62. The van der Waals surface area contributed by atoms with E-state index in [1.807, 2.05) is 0 Å². The molecule has 2 rings (SSSR count). The first-order chi connectivity index (χ1) is 11.6. The van der Waals surface area contributed by atoms with Crippen LogP contribution < -0.4 is 15.4 Å². The van der Waals surface area contributed by atoms with Crippen molar-refractivity contribution in [3.63, 3.8) is 0 Å². The Labute approximate surface area is 150 Å². The number of amides is 1. The second-order valence-electron chi connectivity index (χ2n) is 4.87. The summed E-state index contributed by atoms with van der Waals surface area (Å²) < 4.78 is 10.4. The molecule has 0 aliphatic carbocycles. The van der Waals surface area contributed by atoms with Gasteiger partial charge in [-0.15, -0.1) is 0 Å². The van der Waals surface area contributed by atoms with Crippen LogP contribution in [-0.2, 0) is 9.53 Å². The molecule has 24 heavy (non-hydrogen) atoms. The lowest BCUT2D eigenvalue weighted by Crippen LogP contribution is -2.21. The maximum absolute atomic E-state index is 12.0. The molecule has 2 aromatic rings. The van der Waals surface area contributed by atoms with Gasteiger partial charge >= 0.3 is 0 Å². The summed E-state index contributed by atoms with van der Waals surface area (Å²) in [5.74, 6) is 0.521. The molecule has 5 nitrogen and oxygen atoms in total. The zero-order valence-electron chi connectivity index (χ0n) is 13.1. The largest absolute Gasteiger partial charge is 0.491 e. The van der Waals surface area contributed by atoms with E-state index in [2.05, 4.69) is 10.6 Å². The Hall–Kier alpha value is -1.95. The summed E-state index contributed by atoms with van der Waals surface area (Å²) in [4.78, 5) is 12.0. The lowest BCUT2D eigenvalue weighted by Gasteiger charge is -2.10. The second-order valence-corrected chi connectivity index (χ2v) is 5.65. The van der Waals surface area contributed by atoms with Gasteiger partial charge < -0.3 is 20.1 Å². The molecule has 128 valence electrons. The van der Waals surface area contributed by atoms with E-state index in [4.69, 9.17) is 32.7 Å². The number of methoxy groups -OCH3 is 1. The van der Waals surface area contributed by atoms with E-state index in [0.29, 0.717) is 40.4 Å². The van der Waals surface area contributed by atoms with Crippen LogP contribution in [0, 0.1) is 0 Å². The number of anilines is 2. The SMILES string of the molecule is COCCOc1ccc(NC(=O)CNc2cccc(Cl)c2Cl)cc1. The number of halogens is 2. The first kappa shape index (κ1) is 18.4. The molecule has 2 N–H and O–H groups in total. The van der Waals surface area contributed by atoms with E-state index >= 15 is 0 Å². The van der Waals surface area contributed by atoms with Crippen LogP contribution in [0.4, 0.5) is 11.4 Å². The summed E-state index contributed by atoms with van der Waals surface area (Å²) in [6.45, 7) is 1.08. The van der Waals surface area contributed by atoms with Crippen LogP contribution in [0.2, 0.25) is 10.0 Å². The third kappa shape index (κ3) is 5.60. The molecule has 0 saturated heterocycles. The number of carbonyl (C=O) groups is 1. The molecule has 0 saturated carbocycles. The molecule has 0 aromatic heterocycles. The van der Waals surface area contributed by atoms with E-state index in [1.165, 1.54) is 0 Å². The number of hydrogen-bond acceptors (Lipinski definition) is 4. The fourth-order valence-electron chi connectivity index (χ4n) is 1.90. The fraction of sp³-hybridized carbons (Fsp3) is 0.235. The van der Waals surface area contributed by atoms with Gasteiger partial charge in [-0.1, -0.05) is 29.3 Å². The van der Waals surface area contributed by atoms with Gasteiger partial charge in [0.25, 0.3) is 0 Å². The highest BCUT2D eigenvalue weighted by Crippen LogP contribution is 2.29. The Balaban J connectivity index is 1.82. The lowest BCUT2D eigenvalue weighted by atomic mass is 10.3. The minimum Gasteiger partial charge on any atom is -0.491 e. The van der Waals surface area contributed by atoms with Gasteiger partial charge in [0, 0.05) is 12.8 Å². The predicted molar refractivity (Wildman–Crippen MR) is 97.4 cm³/mol. The molecule has 2 aromatic carbocycles. The van der Waals surface area contributed by atoms with E-state index in [1.54, 1.807) is 49.6 Å². The maximum Gasteiger partial charge on any atom is 0.243 e. The molecule has 0 unspecified atom stereocenters. The van der Waals surface area contributed by atoms with Crippen molar-refractivity contribution in [2.75, 3.05) is 37.5 Å². The van der Waals surface area contributed by atoms with Crippen LogP contribution in [0.5, 0.6) is 5.75 Å². The van der Waals surface area contributed by atoms with Gasteiger partial charge in [0.05, 0.1) is 28.9 Å². The van der Waals surface area contributed by atoms with Crippen molar-refractivity contribution in [1.82, 2.24) is 0 Å². The monoisotopic (exact) mass is 368 g/mol. The molecule has 0 aliphatic heterocycles. The molecule has 0 bridgehead atoms. The summed E-state index contributed by atoms with van der Waals surface area (Å²) >= 11 is 12.0. The first-order valence-corrected chi connectivity index (χ1v) is 8.05. The molecular formula is C17H18Cl2N2O3. The van der Waals surface area contributed by atoms with Crippen LogP contribution >= 0.6 is 23.2 Å². The van der Waals surface area contributed by atoms with E-state index < -0.39 is 0 Å². The van der Waals surface area contributed by atoms with Gasteiger partial charge in [0.1, 0.15) is 12.4 Å². The highest BCUT2D eigenvalue weighted by Gasteiger charge is 2.07. The number of rotatable bonds is 8. The minimum atomic E-state index is -0.195. The third-order valence-corrected chi connectivity index (χ3v) is 3.90. The van der Waals surface area contributed by atoms with Gasteiger partial charge in [-0.2, -0.15) is 0 Å². The Kier molecular flexibility index (Phi) is 7.18. The van der Waals surface area contributed by atoms with Crippen LogP contribution in [0.3, 0.4) is 0 Å². The Bertz CT molecular complexity index is 678. The van der Waals surface area contributed by atoms with Crippen LogP contribution in [-0.4, -0.2) is 32.8 Å². The van der Waals surface area contributed by atoms with Crippen LogP contribution in [0.1, 0.15) is 0 Å². The van der Waals surface area contributed by atoms with Crippen molar-refractivity contribution in [3.05, 3.63) is 52.5 Å². The summed E-state index contributed by atoms with van der Waals surface area (Å²) in [5, 5.41) is 6.56. The smallest absolute Gasteiger partial charge is 0.243 e. The molecule has 0 radical (unpaired) electrons. The topological polar surface area (TPSA) is 59.6 Å². The quantitative estimate of drug-likeness (QED) is 0.689. The third-order valence-electron chi connectivity index (χ3n) is 3.09. The van der Waals surface area contributed by atoms with Gasteiger partial charge in [-0.3, -0.25) is 4.79 Å². The zero-order chi connectivity index (χ0) is 17.4. The van der Waals surface area contributed by atoms with Crippen molar-refractivity contribution < 1.29 is 14.3 Å². The standard InChI is InChI=1S/C17H18Cl2N2O3/c1-23-9-10-24-13-7-5-12(6-8-13)21-16(22)11-20-15-4-2-3-14(18)17(15)19/h2-8,20H,9-11H2,1H3,(H,21,22). The average Bonchev–Trinajstić information content (AvgIpc) is 2.58. The number of nitrogens with one attached hydrogen (secondary N) is 2. The van der Waals surface area contributed by atoms with E-state index in [0.717, 1.165) is 0 Å². The molecule has 0 heterocycles. The fourth-order valence-corrected chi connectivity index (χ4v) is 2.27. The highest BCUT2D eigenvalue weighted by molar-refractivity contribution is 6.43. The van der Waals surface area contributed by atoms with Gasteiger partial charge in [-0.05, 0) is 36.4 Å². The van der Waals surface area contributed by atoms with Crippen molar-refractivity contribution in [1.29, 1.82) is 0 Å². The minimum absolute atomic E-state index is 0.0755. The second kappa shape index (κ2) is 9.37. The molecule has 7 heteroatoms. The normalized spacial score (nSPS) is 10.3.